The number of aromatic nitrogens is 1. The van der Waals surface area contributed by atoms with Crippen LogP contribution in [0.1, 0.15) is 50.8 Å². The van der Waals surface area contributed by atoms with Crippen LogP contribution in [0.5, 0.6) is 0 Å². The van der Waals surface area contributed by atoms with Gasteiger partial charge in [0.15, 0.2) is 0 Å². The lowest BCUT2D eigenvalue weighted by Crippen LogP contribution is -2.10. The summed E-state index contributed by atoms with van der Waals surface area (Å²) in [6.07, 6.45) is 0. The summed E-state index contributed by atoms with van der Waals surface area (Å²) in [6, 6.07) is 8.18. The van der Waals surface area contributed by atoms with Gasteiger partial charge in [0.05, 0.1) is 0 Å². The van der Waals surface area contributed by atoms with E-state index in [9.17, 15) is 4.79 Å². The lowest BCUT2D eigenvalue weighted by atomic mass is 9.98. The molecular weight excluding hydrogens is 210 g/mol. The Bertz CT molecular complexity index is 588. The Morgan fingerprint density at radius 1 is 1.00 bits per heavy atom. The zero-order chi connectivity index (χ0) is 12.6. The van der Waals surface area contributed by atoms with Gasteiger partial charge in [-0.15, -0.1) is 0 Å². The zero-order valence-corrected chi connectivity index (χ0v) is 10.9. The van der Waals surface area contributed by atoms with Crippen molar-refractivity contribution in [3.8, 4) is 0 Å². The van der Waals surface area contributed by atoms with Crippen molar-refractivity contribution >= 4 is 10.8 Å². The molecule has 0 aliphatic heterocycles. The number of nitrogens with one attached hydrogen (secondary N) is 1. The molecule has 0 aliphatic rings. The van der Waals surface area contributed by atoms with E-state index in [2.05, 4.69) is 44.8 Å². The Kier molecular flexibility index (Phi) is 3.05. The second-order valence-corrected chi connectivity index (χ2v) is 5.21. The van der Waals surface area contributed by atoms with E-state index in [-0.39, 0.29) is 5.56 Å². The first-order chi connectivity index (χ1) is 7.99. The number of pyridine rings is 1. The summed E-state index contributed by atoms with van der Waals surface area (Å²) in [5.41, 5.74) is 2.29. The first kappa shape index (κ1) is 11.9. The fourth-order valence-electron chi connectivity index (χ4n) is 1.98. The van der Waals surface area contributed by atoms with Crippen LogP contribution in [0.15, 0.2) is 29.1 Å². The summed E-state index contributed by atoms with van der Waals surface area (Å²) in [5, 5.41) is 1.82. The molecule has 2 nitrogen and oxygen atoms in total. The number of fused-ring (bicyclic) bond motifs is 1. The Balaban J connectivity index is 2.71. The molecule has 0 atom stereocenters. The van der Waals surface area contributed by atoms with Crippen LogP contribution in [0.2, 0.25) is 0 Å². The molecule has 0 aliphatic carbocycles. The van der Waals surface area contributed by atoms with Crippen molar-refractivity contribution in [3.63, 3.8) is 0 Å². The van der Waals surface area contributed by atoms with Crippen molar-refractivity contribution in [3.05, 3.63) is 45.9 Å². The monoisotopic (exact) mass is 229 g/mol. The third-order valence-electron chi connectivity index (χ3n) is 3.18. The van der Waals surface area contributed by atoms with Crippen LogP contribution in [0, 0.1) is 0 Å². The molecule has 0 fully saturated rings. The van der Waals surface area contributed by atoms with E-state index in [1.807, 2.05) is 12.1 Å². The summed E-state index contributed by atoms with van der Waals surface area (Å²) < 4.78 is 0. The van der Waals surface area contributed by atoms with Crippen LogP contribution >= 0.6 is 0 Å². The molecule has 2 heteroatoms. The molecule has 90 valence electrons. The van der Waals surface area contributed by atoms with E-state index in [0.29, 0.717) is 11.8 Å². The molecule has 0 bridgehead atoms. The van der Waals surface area contributed by atoms with Gasteiger partial charge in [-0.05, 0) is 34.9 Å². The van der Waals surface area contributed by atoms with Crippen molar-refractivity contribution in [2.75, 3.05) is 0 Å². The molecule has 0 radical (unpaired) electrons. The summed E-state index contributed by atoms with van der Waals surface area (Å²) >= 11 is 0. The van der Waals surface area contributed by atoms with Gasteiger partial charge in [-0.2, -0.15) is 0 Å². The summed E-state index contributed by atoms with van der Waals surface area (Å²) in [6.45, 7) is 8.50. The topological polar surface area (TPSA) is 32.9 Å². The van der Waals surface area contributed by atoms with Crippen LogP contribution in [-0.4, -0.2) is 4.98 Å². The van der Waals surface area contributed by atoms with Gasteiger partial charge >= 0.3 is 0 Å². The molecule has 2 rings (SSSR count). The maximum Gasteiger partial charge on any atom is 0.256 e. The number of aromatic amines is 1. The van der Waals surface area contributed by atoms with Gasteiger partial charge < -0.3 is 4.98 Å². The molecule has 17 heavy (non-hydrogen) atoms. The smallest absolute Gasteiger partial charge is 0.256 e. The Morgan fingerprint density at radius 2 is 1.71 bits per heavy atom. The van der Waals surface area contributed by atoms with E-state index >= 15 is 0 Å². The normalized spacial score (nSPS) is 11.6. The molecule has 0 saturated heterocycles. The Hall–Kier alpha value is -1.57. The Labute approximate surface area is 102 Å². The molecule has 1 N–H and O–H groups in total. The van der Waals surface area contributed by atoms with Crippen molar-refractivity contribution in [1.29, 1.82) is 0 Å². The van der Waals surface area contributed by atoms with Crippen molar-refractivity contribution in [2.45, 2.75) is 39.5 Å². The van der Waals surface area contributed by atoms with Gasteiger partial charge in [0, 0.05) is 11.1 Å². The van der Waals surface area contributed by atoms with Crippen molar-refractivity contribution < 1.29 is 0 Å². The van der Waals surface area contributed by atoms with E-state index in [1.165, 1.54) is 5.56 Å². The SMILES string of the molecule is CC(C)c1ccc2c(=O)[nH]c(C(C)C)cc2c1. The van der Waals surface area contributed by atoms with E-state index in [1.54, 1.807) is 0 Å². The maximum atomic E-state index is 11.9. The largest absolute Gasteiger partial charge is 0.325 e. The van der Waals surface area contributed by atoms with Crippen LogP contribution in [0.4, 0.5) is 0 Å². The minimum atomic E-state index is 0.0153. The van der Waals surface area contributed by atoms with Gasteiger partial charge in [0.1, 0.15) is 0 Å². The summed E-state index contributed by atoms with van der Waals surface area (Å²) in [4.78, 5) is 14.9. The predicted octanol–water partition coefficient (Wildman–Crippen LogP) is 3.77. The molecule has 2 aromatic rings. The lowest BCUT2D eigenvalue weighted by Gasteiger charge is -2.09. The van der Waals surface area contributed by atoms with Gasteiger partial charge in [-0.25, -0.2) is 0 Å². The average Bonchev–Trinajstić information content (AvgIpc) is 2.27. The highest BCUT2D eigenvalue weighted by Gasteiger charge is 2.07. The summed E-state index contributed by atoms with van der Waals surface area (Å²) in [5.74, 6) is 0.830. The van der Waals surface area contributed by atoms with Gasteiger partial charge in [0.2, 0.25) is 0 Å². The molecule has 0 amide bonds. The first-order valence-electron chi connectivity index (χ1n) is 6.16. The molecular formula is C15H19NO. The molecule has 1 aromatic heterocycles. The predicted molar refractivity (Wildman–Crippen MR) is 72.7 cm³/mol. The fraction of sp³-hybridized carbons (Fsp3) is 0.400. The third-order valence-corrected chi connectivity index (χ3v) is 3.18. The Morgan fingerprint density at radius 3 is 2.29 bits per heavy atom. The number of hydrogen-bond acceptors (Lipinski definition) is 1. The number of benzene rings is 1. The number of hydrogen-bond donors (Lipinski definition) is 1. The third kappa shape index (κ3) is 2.26. The molecule has 0 saturated carbocycles. The molecule has 0 spiro atoms. The lowest BCUT2D eigenvalue weighted by molar-refractivity contribution is 0.819. The van der Waals surface area contributed by atoms with Gasteiger partial charge in [-0.1, -0.05) is 39.8 Å². The van der Waals surface area contributed by atoms with Crippen LogP contribution < -0.4 is 5.56 Å². The average molecular weight is 229 g/mol. The fourth-order valence-corrected chi connectivity index (χ4v) is 1.98. The summed E-state index contributed by atoms with van der Waals surface area (Å²) in [7, 11) is 0. The van der Waals surface area contributed by atoms with Crippen LogP contribution in [0.25, 0.3) is 10.8 Å². The second kappa shape index (κ2) is 4.36. The minimum Gasteiger partial charge on any atom is -0.325 e. The molecule has 1 aromatic carbocycles. The van der Waals surface area contributed by atoms with Gasteiger partial charge in [0.25, 0.3) is 5.56 Å². The standard InChI is InChI=1S/C15H19NO/c1-9(2)11-5-6-13-12(7-11)8-14(10(3)4)16-15(13)17/h5-10H,1-4H3,(H,16,17). The van der Waals surface area contributed by atoms with Crippen molar-refractivity contribution in [2.24, 2.45) is 0 Å². The second-order valence-electron chi connectivity index (χ2n) is 5.21. The minimum absolute atomic E-state index is 0.0153. The maximum absolute atomic E-state index is 11.9. The number of rotatable bonds is 2. The van der Waals surface area contributed by atoms with E-state index < -0.39 is 0 Å². The van der Waals surface area contributed by atoms with Crippen LogP contribution in [0.3, 0.4) is 0 Å². The van der Waals surface area contributed by atoms with E-state index in [0.717, 1.165) is 16.5 Å². The first-order valence-corrected chi connectivity index (χ1v) is 6.16. The van der Waals surface area contributed by atoms with E-state index in [4.69, 9.17) is 0 Å². The van der Waals surface area contributed by atoms with Crippen molar-refractivity contribution in [1.82, 2.24) is 4.98 Å². The highest BCUT2D eigenvalue weighted by molar-refractivity contribution is 5.82. The van der Waals surface area contributed by atoms with Crippen LogP contribution in [-0.2, 0) is 0 Å². The molecule has 1 heterocycles. The quantitative estimate of drug-likeness (QED) is 0.835. The highest BCUT2D eigenvalue weighted by atomic mass is 16.1. The highest BCUT2D eigenvalue weighted by Crippen LogP contribution is 2.21. The zero-order valence-electron chi connectivity index (χ0n) is 10.9. The number of H-pyrrole nitrogens is 1. The van der Waals surface area contributed by atoms with Gasteiger partial charge in [-0.3, -0.25) is 4.79 Å². The molecule has 0 unspecified atom stereocenters.